The van der Waals surface area contributed by atoms with Gasteiger partial charge in [-0.1, -0.05) is 18.5 Å². The van der Waals surface area contributed by atoms with E-state index in [4.69, 9.17) is 11.6 Å². The van der Waals surface area contributed by atoms with Gasteiger partial charge in [-0.05, 0) is 38.7 Å². The van der Waals surface area contributed by atoms with E-state index in [1.807, 2.05) is 20.8 Å². The third kappa shape index (κ3) is 3.07. The molecule has 0 radical (unpaired) electrons. The van der Waals surface area contributed by atoms with Gasteiger partial charge < -0.3 is 14.6 Å². The molecule has 2 heterocycles. The number of piperidine rings is 1. The monoisotopic (exact) mass is 312 g/mol. The molecular formula is C15H21ClN2O3. The van der Waals surface area contributed by atoms with Crippen molar-refractivity contribution >= 4 is 23.5 Å². The molecule has 1 aliphatic heterocycles. The van der Waals surface area contributed by atoms with Crippen LogP contribution in [0.25, 0.3) is 0 Å². The summed E-state index contributed by atoms with van der Waals surface area (Å²) in [6.45, 7) is 6.27. The number of rotatable bonds is 3. The molecular weight excluding hydrogens is 292 g/mol. The second-order valence-electron chi connectivity index (χ2n) is 5.95. The lowest BCUT2D eigenvalue weighted by Gasteiger charge is -2.37. The molecule has 5 nitrogen and oxygen atoms in total. The highest BCUT2D eigenvalue weighted by Gasteiger charge is 2.38. The number of carbonyl (C=O) groups is 2. The fourth-order valence-corrected chi connectivity index (χ4v) is 3.19. The number of likely N-dealkylation sites (tertiary alicyclic amines) is 1. The van der Waals surface area contributed by atoms with E-state index in [-0.39, 0.29) is 17.9 Å². The number of carbonyl (C=O) groups excluding carboxylic acids is 1. The van der Waals surface area contributed by atoms with Crippen molar-refractivity contribution in [1.29, 1.82) is 0 Å². The first kappa shape index (κ1) is 15.9. The first-order chi connectivity index (χ1) is 9.82. The Labute approximate surface area is 129 Å². The average Bonchev–Trinajstić information content (AvgIpc) is 2.79. The summed E-state index contributed by atoms with van der Waals surface area (Å²) in [5, 5.41) is 9.92. The molecule has 2 atom stereocenters. The van der Waals surface area contributed by atoms with Crippen molar-refractivity contribution in [2.75, 3.05) is 6.54 Å². The number of halogens is 1. The Morgan fingerprint density at radius 1 is 1.43 bits per heavy atom. The van der Waals surface area contributed by atoms with E-state index in [0.29, 0.717) is 17.3 Å². The predicted molar refractivity (Wildman–Crippen MR) is 80.7 cm³/mol. The summed E-state index contributed by atoms with van der Waals surface area (Å²) in [5.74, 6) is -1.24. The summed E-state index contributed by atoms with van der Waals surface area (Å²) in [4.78, 5) is 25.8. The highest BCUT2D eigenvalue weighted by Crippen LogP contribution is 2.27. The third-order valence-electron chi connectivity index (χ3n) is 4.04. The van der Waals surface area contributed by atoms with Crippen molar-refractivity contribution in [1.82, 2.24) is 9.47 Å². The second kappa shape index (κ2) is 6.10. The first-order valence-electron chi connectivity index (χ1n) is 7.24. The van der Waals surface area contributed by atoms with Crippen LogP contribution in [-0.2, 0) is 4.79 Å². The molecule has 0 saturated carbocycles. The summed E-state index contributed by atoms with van der Waals surface area (Å²) in [7, 11) is 0. The summed E-state index contributed by atoms with van der Waals surface area (Å²) >= 11 is 6.01. The van der Waals surface area contributed by atoms with Gasteiger partial charge in [0, 0.05) is 18.8 Å². The number of amides is 1. The number of carboxylic acid groups (broad SMARTS) is 1. The van der Waals surface area contributed by atoms with Gasteiger partial charge in [0.05, 0.1) is 5.02 Å². The SMILES string of the molecule is CC1CCCN(C(=O)c2cc(Cl)cn2C(C)C)C1C(=O)O. The van der Waals surface area contributed by atoms with Crippen LogP contribution in [0, 0.1) is 5.92 Å². The van der Waals surface area contributed by atoms with Crippen molar-refractivity contribution < 1.29 is 14.7 Å². The van der Waals surface area contributed by atoms with Crippen LogP contribution in [0.2, 0.25) is 5.02 Å². The Morgan fingerprint density at radius 2 is 2.10 bits per heavy atom. The Morgan fingerprint density at radius 3 is 2.67 bits per heavy atom. The van der Waals surface area contributed by atoms with Crippen LogP contribution in [0.15, 0.2) is 12.3 Å². The highest BCUT2D eigenvalue weighted by molar-refractivity contribution is 6.31. The summed E-state index contributed by atoms with van der Waals surface area (Å²) < 4.78 is 1.79. The Bertz CT molecular complexity index is 553. The van der Waals surface area contributed by atoms with Crippen LogP contribution >= 0.6 is 11.6 Å². The summed E-state index contributed by atoms with van der Waals surface area (Å²) in [6.07, 6.45) is 3.36. The second-order valence-corrected chi connectivity index (χ2v) is 6.38. The van der Waals surface area contributed by atoms with Gasteiger partial charge in [-0.2, -0.15) is 0 Å². The number of nitrogens with zero attached hydrogens (tertiary/aromatic N) is 2. The minimum absolute atomic E-state index is 0.0434. The highest BCUT2D eigenvalue weighted by atomic mass is 35.5. The van der Waals surface area contributed by atoms with Crippen molar-refractivity contribution in [3.05, 3.63) is 23.0 Å². The number of aliphatic carboxylic acids is 1. The Hall–Kier alpha value is -1.49. The number of aromatic nitrogens is 1. The van der Waals surface area contributed by atoms with Crippen LogP contribution < -0.4 is 0 Å². The van der Waals surface area contributed by atoms with Gasteiger partial charge in [0.1, 0.15) is 11.7 Å². The van der Waals surface area contributed by atoms with E-state index in [9.17, 15) is 14.7 Å². The molecule has 1 amide bonds. The molecule has 1 aliphatic rings. The topological polar surface area (TPSA) is 62.5 Å². The molecule has 1 saturated heterocycles. The van der Waals surface area contributed by atoms with E-state index in [2.05, 4.69) is 0 Å². The zero-order chi connectivity index (χ0) is 15.7. The maximum atomic E-state index is 12.8. The molecule has 21 heavy (non-hydrogen) atoms. The van der Waals surface area contributed by atoms with E-state index >= 15 is 0 Å². The minimum atomic E-state index is -0.940. The lowest BCUT2D eigenvalue weighted by Crippen LogP contribution is -2.52. The van der Waals surface area contributed by atoms with Crippen molar-refractivity contribution in [3.63, 3.8) is 0 Å². The first-order valence-corrected chi connectivity index (χ1v) is 7.62. The molecule has 2 unspecified atom stereocenters. The van der Waals surface area contributed by atoms with E-state index in [1.54, 1.807) is 16.8 Å². The molecule has 1 N–H and O–H groups in total. The van der Waals surface area contributed by atoms with Crippen LogP contribution in [0.5, 0.6) is 0 Å². The predicted octanol–water partition coefficient (Wildman–Crippen LogP) is 3.05. The minimum Gasteiger partial charge on any atom is -0.480 e. The molecule has 0 aromatic carbocycles. The van der Waals surface area contributed by atoms with Crippen LogP contribution in [-0.4, -0.2) is 39.0 Å². The zero-order valence-corrected chi connectivity index (χ0v) is 13.3. The number of carboxylic acids is 1. The summed E-state index contributed by atoms with van der Waals surface area (Å²) in [5.41, 5.74) is 0.454. The number of hydrogen-bond acceptors (Lipinski definition) is 2. The molecule has 1 fully saturated rings. The smallest absolute Gasteiger partial charge is 0.326 e. The third-order valence-corrected chi connectivity index (χ3v) is 4.24. The molecule has 0 spiro atoms. The number of hydrogen-bond donors (Lipinski definition) is 1. The molecule has 0 aliphatic carbocycles. The van der Waals surface area contributed by atoms with Gasteiger partial charge >= 0.3 is 5.97 Å². The van der Waals surface area contributed by atoms with Gasteiger partial charge in [0.2, 0.25) is 0 Å². The van der Waals surface area contributed by atoms with Crippen molar-refractivity contribution in [2.45, 2.75) is 45.7 Å². The van der Waals surface area contributed by atoms with E-state index < -0.39 is 12.0 Å². The molecule has 1 aromatic rings. The normalized spacial score (nSPS) is 22.6. The average molecular weight is 313 g/mol. The van der Waals surface area contributed by atoms with E-state index in [0.717, 1.165) is 12.8 Å². The summed E-state index contributed by atoms with van der Waals surface area (Å²) in [6, 6.07) is 0.935. The van der Waals surface area contributed by atoms with Crippen LogP contribution in [0.4, 0.5) is 0 Å². The fourth-order valence-electron chi connectivity index (χ4n) is 2.98. The standard InChI is InChI=1S/C15H21ClN2O3/c1-9(2)18-8-11(16)7-12(18)14(19)17-6-4-5-10(3)13(17)15(20)21/h7-10,13H,4-6H2,1-3H3,(H,20,21). The molecule has 0 bridgehead atoms. The van der Waals surface area contributed by atoms with Gasteiger partial charge in [-0.15, -0.1) is 0 Å². The Balaban J connectivity index is 2.36. The Kier molecular flexibility index (Phi) is 4.61. The van der Waals surface area contributed by atoms with Crippen LogP contribution in [0.1, 0.15) is 50.1 Å². The van der Waals surface area contributed by atoms with Gasteiger partial charge in [-0.25, -0.2) is 4.79 Å². The molecule has 6 heteroatoms. The van der Waals surface area contributed by atoms with Crippen LogP contribution in [0.3, 0.4) is 0 Å². The quantitative estimate of drug-likeness (QED) is 0.933. The van der Waals surface area contributed by atoms with E-state index in [1.165, 1.54) is 4.90 Å². The van der Waals surface area contributed by atoms with Crippen molar-refractivity contribution in [2.24, 2.45) is 5.92 Å². The fraction of sp³-hybridized carbons (Fsp3) is 0.600. The molecule has 116 valence electrons. The maximum absolute atomic E-state index is 12.8. The van der Waals surface area contributed by atoms with Gasteiger partial charge in [0.25, 0.3) is 5.91 Å². The molecule has 2 rings (SSSR count). The largest absolute Gasteiger partial charge is 0.480 e. The molecule has 1 aromatic heterocycles. The lowest BCUT2D eigenvalue weighted by atomic mass is 9.90. The van der Waals surface area contributed by atoms with Crippen molar-refractivity contribution in [3.8, 4) is 0 Å². The van der Waals surface area contributed by atoms with Gasteiger partial charge in [0.15, 0.2) is 0 Å². The maximum Gasteiger partial charge on any atom is 0.326 e. The zero-order valence-electron chi connectivity index (χ0n) is 12.5. The van der Waals surface area contributed by atoms with Gasteiger partial charge in [-0.3, -0.25) is 4.79 Å². The lowest BCUT2D eigenvalue weighted by molar-refractivity contribution is -0.145.